The van der Waals surface area contributed by atoms with E-state index in [4.69, 9.17) is 9.47 Å². The van der Waals surface area contributed by atoms with Crippen molar-refractivity contribution in [2.24, 2.45) is 0 Å². The summed E-state index contributed by atoms with van der Waals surface area (Å²) >= 11 is 0. The van der Waals surface area contributed by atoms with Crippen LogP contribution in [-0.4, -0.2) is 47.0 Å². The molecule has 0 bridgehead atoms. The van der Waals surface area contributed by atoms with Gasteiger partial charge in [-0.3, -0.25) is 4.98 Å². The van der Waals surface area contributed by atoms with Crippen LogP contribution in [-0.2, 0) is 4.74 Å². The Balaban J connectivity index is 2.30. The van der Waals surface area contributed by atoms with E-state index < -0.39 is 23.4 Å². The molecule has 2 heterocycles. The average Bonchev–Trinajstić information content (AvgIpc) is 2.54. The Bertz CT molecular complexity index is 761. The van der Waals surface area contributed by atoms with Crippen LogP contribution >= 0.6 is 0 Å². The number of amides is 1. The minimum atomic E-state index is -0.711. The first kappa shape index (κ1) is 18.9. The van der Waals surface area contributed by atoms with Gasteiger partial charge in [0.1, 0.15) is 11.4 Å². The summed E-state index contributed by atoms with van der Waals surface area (Å²) < 4.78 is 24.6. The third-order valence-electron chi connectivity index (χ3n) is 3.41. The van der Waals surface area contributed by atoms with Gasteiger partial charge in [0.15, 0.2) is 0 Å². The Hall–Kier alpha value is -2.48. The second kappa shape index (κ2) is 7.60. The molecule has 8 heteroatoms. The Labute approximate surface area is 145 Å². The maximum atomic E-state index is 14.4. The van der Waals surface area contributed by atoms with E-state index in [1.807, 2.05) is 0 Å². The molecule has 1 unspecified atom stereocenters. The van der Waals surface area contributed by atoms with Crippen molar-refractivity contribution in [1.29, 1.82) is 0 Å². The third kappa shape index (κ3) is 4.76. The highest BCUT2D eigenvalue weighted by atomic mass is 19.1. The van der Waals surface area contributed by atoms with Crippen molar-refractivity contribution in [2.75, 3.05) is 20.3 Å². The van der Waals surface area contributed by atoms with Crippen molar-refractivity contribution < 1.29 is 23.8 Å². The van der Waals surface area contributed by atoms with Crippen LogP contribution < -0.4 is 10.1 Å². The van der Waals surface area contributed by atoms with Crippen LogP contribution in [0.2, 0.25) is 0 Å². The highest BCUT2D eigenvalue weighted by Gasteiger charge is 2.23. The van der Waals surface area contributed by atoms with Crippen LogP contribution in [0, 0.1) is 5.82 Å². The number of fused-ring (bicyclic) bond motifs is 1. The Morgan fingerprint density at radius 3 is 2.72 bits per heavy atom. The van der Waals surface area contributed by atoms with Crippen molar-refractivity contribution >= 4 is 17.1 Å². The molecule has 0 fully saturated rings. The maximum absolute atomic E-state index is 14.4. The average molecular weight is 351 g/mol. The second-order valence-electron chi connectivity index (χ2n) is 6.50. The second-order valence-corrected chi connectivity index (χ2v) is 6.50. The lowest BCUT2D eigenvalue weighted by atomic mass is 9.98. The molecule has 0 aliphatic carbocycles. The van der Waals surface area contributed by atoms with E-state index in [0.717, 1.165) is 6.20 Å². The first-order chi connectivity index (χ1) is 11.7. The maximum Gasteiger partial charge on any atom is 0.407 e. The quantitative estimate of drug-likeness (QED) is 0.859. The lowest BCUT2D eigenvalue weighted by Gasteiger charge is -2.22. The van der Waals surface area contributed by atoms with E-state index in [0.29, 0.717) is 11.4 Å². The summed E-state index contributed by atoms with van der Waals surface area (Å²) in [5.74, 6) is -1.02. The smallest absolute Gasteiger partial charge is 0.407 e. The molecule has 25 heavy (non-hydrogen) atoms. The van der Waals surface area contributed by atoms with E-state index in [1.54, 1.807) is 32.9 Å². The van der Waals surface area contributed by atoms with Crippen molar-refractivity contribution in [3.05, 3.63) is 29.7 Å². The Morgan fingerprint density at radius 1 is 1.40 bits per heavy atom. The molecule has 2 N–H and O–H groups in total. The number of nitrogens with one attached hydrogen (secondary N) is 1. The SMILES string of the molecule is COc1ccc2ncc(F)c(C(CO)CNC(=O)OC(C)(C)C)c2n1. The molecule has 7 nitrogen and oxygen atoms in total. The molecule has 0 saturated carbocycles. The molecule has 136 valence electrons. The first-order valence-corrected chi connectivity index (χ1v) is 7.82. The van der Waals surface area contributed by atoms with Gasteiger partial charge in [0, 0.05) is 24.1 Å². The molecule has 0 radical (unpaired) electrons. The normalized spacial score (nSPS) is 12.7. The molecule has 0 aliphatic heterocycles. The molecule has 1 atom stereocenters. The minimum Gasteiger partial charge on any atom is -0.481 e. The molecule has 2 aromatic rings. The zero-order chi connectivity index (χ0) is 18.6. The number of hydrogen-bond donors (Lipinski definition) is 2. The van der Waals surface area contributed by atoms with Gasteiger partial charge >= 0.3 is 6.09 Å². The van der Waals surface area contributed by atoms with Crippen molar-refractivity contribution in [3.8, 4) is 5.88 Å². The Kier molecular flexibility index (Phi) is 5.73. The van der Waals surface area contributed by atoms with Crippen molar-refractivity contribution in [1.82, 2.24) is 15.3 Å². The zero-order valence-corrected chi connectivity index (χ0v) is 14.7. The third-order valence-corrected chi connectivity index (χ3v) is 3.41. The van der Waals surface area contributed by atoms with Gasteiger partial charge < -0.3 is 19.9 Å². The van der Waals surface area contributed by atoms with Crippen molar-refractivity contribution in [2.45, 2.75) is 32.3 Å². The number of halogens is 1. The van der Waals surface area contributed by atoms with Crippen LogP contribution in [0.1, 0.15) is 32.3 Å². The molecule has 0 saturated heterocycles. The summed E-state index contributed by atoms with van der Waals surface area (Å²) in [4.78, 5) is 20.0. The minimum absolute atomic E-state index is 0.0136. The predicted molar refractivity (Wildman–Crippen MR) is 90.1 cm³/mol. The molecule has 2 aromatic heterocycles. The summed E-state index contributed by atoms with van der Waals surface area (Å²) in [6.07, 6.45) is 0.428. The van der Waals surface area contributed by atoms with Gasteiger partial charge in [-0.1, -0.05) is 0 Å². The van der Waals surface area contributed by atoms with Crippen LogP contribution in [0.25, 0.3) is 11.0 Å². The highest BCUT2D eigenvalue weighted by molar-refractivity contribution is 5.79. The van der Waals surface area contributed by atoms with E-state index in [1.165, 1.54) is 7.11 Å². The largest absolute Gasteiger partial charge is 0.481 e. The number of hydrogen-bond acceptors (Lipinski definition) is 6. The molecule has 0 spiro atoms. The number of carbonyl (C=O) groups excluding carboxylic acids is 1. The van der Waals surface area contributed by atoms with Crippen LogP contribution in [0.3, 0.4) is 0 Å². The molecule has 2 rings (SSSR count). The summed E-state index contributed by atoms with van der Waals surface area (Å²) in [5, 5.41) is 12.2. The lowest BCUT2D eigenvalue weighted by Crippen LogP contribution is -2.35. The number of aliphatic hydroxyl groups excluding tert-OH is 1. The number of pyridine rings is 2. The fourth-order valence-electron chi connectivity index (χ4n) is 2.33. The summed E-state index contributed by atoms with van der Waals surface area (Å²) in [7, 11) is 1.45. The van der Waals surface area contributed by atoms with E-state index >= 15 is 0 Å². The summed E-state index contributed by atoms with van der Waals surface area (Å²) in [5.41, 5.74) is 0.266. The molecule has 1 amide bonds. The van der Waals surface area contributed by atoms with Crippen molar-refractivity contribution in [3.63, 3.8) is 0 Å². The van der Waals surface area contributed by atoms with Gasteiger partial charge in [0.05, 0.1) is 30.9 Å². The molecular weight excluding hydrogens is 329 g/mol. The van der Waals surface area contributed by atoms with Gasteiger partial charge in [-0.2, -0.15) is 0 Å². The molecular formula is C17H22FN3O4. The van der Waals surface area contributed by atoms with Gasteiger partial charge in [0.25, 0.3) is 0 Å². The summed E-state index contributed by atoms with van der Waals surface area (Å²) in [6.45, 7) is 4.82. The number of nitrogens with zero attached hydrogens (tertiary/aromatic N) is 2. The van der Waals surface area contributed by atoms with Gasteiger partial charge in [0.2, 0.25) is 5.88 Å². The van der Waals surface area contributed by atoms with Crippen LogP contribution in [0.5, 0.6) is 5.88 Å². The number of rotatable bonds is 5. The van der Waals surface area contributed by atoms with Crippen LogP contribution in [0.15, 0.2) is 18.3 Å². The van der Waals surface area contributed by atoms with E-state index in [-0.39, 0.29) is 24.2 Å². The lowest BCUT2D eigenvalue weighted by molar-refractivity contribution is 0.0520. The number of alkyl carbamates (subject to hydrolysis) is 1. The predicted octanol–water partition coefficient (Wildman–Crippen LogP) is 2.38. The van der Waals surface area contributed by atoms with Gasteiger partial charge in [-0.15, -0.1) is 0 Å². The number of carbonyl (C=O) groups is 1. The fraction of sp³-hybridized carbons (Fsp3) is 0.471. The van der Waals surface area contributed by atoms with E-state index in [9.17, 15) is 14.3 Å². The molecule has 0 aliphatic rings. The van der Waals surface area contributed by atoms with E-state index in [2.05, 4.69) is 15.3 Å². The Morgan fingerprint density at radius 2 is 2.12 bits per heavy atom. The number of ether oxygens (including phenoxy) is 2. The molecule has 0 aromatic carbocycles. The highest BCUT2D eigenvalue weighted by Crippen LogP contribution is 2.27. The number of aromatic nitrogens is 2. The fourth-order valence-corrected chi connectivity index (χ4v) is 2.33. The summed E-state index contributed by atoms with van der Waals surface area (Å²) in [6, 6.07) is 3.27. The van der Waals surface area contributed by atoms with Crippen LogP contribution in [0.4, 0.5) is 9.18 Å². The monoisotopic (exact) mass is 351 g/mol. The van der Waals surface area contributed by atoms with Gasteiger partial charge in [-0.05, 0) is 26.8 Å². The first-order valence-electron chi connectivity index (χ1n) is 7.82. The number of aliphatic hydroxyl groups is 1. The van der Waals surface area contributed by atoms with Gasteiger partial charge in [-0.25, -0.2) is 14.2 Å². The standard InChI is InChI=1S/C17H22FN3O4/c1-17(2,3)25-16(23)20-7-10(9-22)14-11(18)8-19-12-5-6-13(24-4)21-15(12)14/h5-6,8,10,22H,7,9H2,1-4H3,(H,20,23). The number of methoxy groups -OCH3 is 1. The zero-order valence-electron chi connectivity index (χ0n) is 14.7. The topological polar surface area (TPSA) is 93.6 Å².